The first-order valence-electron chi connectivity index (χ1n) is 7.14. The van der Waals surface area contributed by atoms with Crippen LogP contribution in [0.3, 0.4) is 0 Å². The Morgan fingerprint density at radius 3 is 2.70 bits per heavy atom. The van der Waals surface area contributed by atoms with E-state index in [0.717, 1.165) is 12.8 Å². The number of carbonyl (C=O) groups is 2. The lowest BCUT2D eigenvalue weighted by Gasteiger charge is -2.16. The third-order valence-electron chi connectivity index (χ3n) is 3.62. The predicted octanol–water partition coefficient (Wildman–Crippen LogP) is 0.831. The second-order valence-corrected chi connectivity index (χ2v) is 5.73. The van der Waals surface area contributed by atoms with Crippen molar-refractivity contribution >= 4 is 29.1 Å². The number of nitro groups is 1. The summed E-state index contributed by atoms with van der Waals surface area (Å²) < 4.78 is 0. The van der Waals surface area contributed by atoms with E-state index < -0.39 is 22.4 Å². The summed E-state index contributed by atoms with van der Waals surface area (Å²) in [5.41, 5.74) is 4.92. The minimum absolute atomic E-state index is 0.0464. The van der Waals surface area contributed by atoms with Crippen molar-refractivity contribution in [2.24, 2.45) is 11.7 Å². The molecule has 9 heteroatoms. The van der Waals surface area contributed by atoms with Crippen LogP contribution in [0.15, 0.2) is 18.2 Å². The number of benzene rings is 1. The van der Waals surface area contributed by atoms with Crippen molar-refractivity contribution in [3.05, 3.63) is 38.9 Å². The zero-order valence-electron chi connectivity index (χ0n) is 12.3. The van der Waals surface area contributed by atoms with Crippen molar-refractivity contribution in [3.8, 4) is 0 Å². The number of amides is 2. The van der Waals surface area contributed by atoms with Crippen LogP contribution in [0, 0.1) is 16.0 Å². The topological polar surface area (TPSA) is 127 Å². The minimum atomic E-state index is -0.770. The fraction of sp³-hybridized carbons (Fsp3) is 0.429. The Labute approximate surface area is 137 Å². The molecule has 2 amide bonds. The summed E-state index contributed by atoms with van der Waals surface area (Å²) in [7, 11) is 0. The molecule has 0 spiro atoms. The van der Waals surface area contributed by atoms with Gasteiger partial charge in [0.25, 0.3) is 11.6 Å². The number of hydrogen-bond donors (Lipinski definition) is 3. The van der Waals surface area contributed by atoms with Gasteiger partial charge in [-0.05, 0) is 24.8 Å². The van der Waals surface area contributed by atoms with Crippen LogP contribution in [-0.4, -0.2) is 35.9 Å². The van der Waals surface area contributed by atoms with Gasteiger partial charge in [-0.3, -0.25) is 19.7 Å². The molecular weight excluding hydrogens is 324 g/mol. The van der Waals surface area contributed by atoms with Gasteiger partial charge in [-0.1, -0.05) is 17.7 Å². The molecule has 0 bridgehead atoms. The summed E-state index contributed by atoms with van der Waals surface area (Å²) in [5, 5.41) is 16.0. The van der Waals surface area contributed by atoms with Crippen molar-refractivity contribution in [2.45, 2.75) is 18.9 Å². The molecule has 1 aliphatic rings. The highest BCUT2D eigenvalue weighted by atomic mass is 35.5. The van der Waals surface area contributed by atoms with Crippen LogP contribution in [0.2, 0.25) is 5.02 Å². The van der Waals surface area contributed by atoms with Crippen molar-refractivity contribution < 1.29 is 14.5 Å². The van der Waals surface area contributed by atoms with Crippen LogP contribution in [0.1, 0.15) is 23.2 Å². The second-order valence-electron chi connectivity index (χ2n) is 5.32. The smallest absolute Gasteiger partial charge is 0.283 e. The highest BCUT2D eigenvalue weighted by molar-refractivity contribution is 6.34. The quantitative estimate of drug-likeness (QED) is 0.500. The van der Waals surface area contributed by atoms with E-state index in [9.17, 15) is 19.7 Å². The lowest BCUT2D eigenvalue weighted by Crippen LogP contribution is -2.46. The van der Waals surface area contributed by atoms with Gasteiger partial charge >= 0.3 is 0 Å². The largest absolute Gasteiger partial charge is 0.350 e. The number of nitrogens with one attached hydrogen (secondary N) is 2. The molecule has 1 aromatic carbocycles. The van der Waals surface area contributed by atoms with Crippen molar-refractivity contribution in [3.63, 3.8) is 0 Å². The average Bonchev–Trinajstić information content (AvgIpc) is 3.34. The molecule has 0 aromatic heterocycles. The van der Waals surface area contributed by atoms with Crippen LogP contribution < -0.4 is 16.4 Å². The molecule has 1 atom stereocenters. The molecule has 1 fully saturated rings. The van der Waals surface area contributed by atoms with Gasteiger partial charge in [0.15, 0.2) is 0 Å². The van der Waals surface area contributed by atoms with Gasteiger partial charge in [0.05, 0.1) is 16.5 Å². The lowest BCUT2D eigenvalue weighted by molar-refractivity contribution is -0.385. The monoisotopic (exact) mass is 340 g/mol. The van der Waals surface area contributed by atoms with E-state index in [1.807, 2.05) is 0 Å². The summed E-state index contributed by atoms with van der Waals surface area (Å²) in [6.45, 7) is 0.0325. The highest BCUT2D eigenvalue weighted by Crippen LogP contribution is 2.32. The molecule has 8 nitrogen and oxygen atoms in total. The molecular formula is C14H17ClN4O4. The fourth-order valence-corrected chi connectivity index (χ4v) is 2.52. The minimum Gasteiger partial charge on any atom is -0.350 e. The molecule has 0 heterocycles. The number of nitrogens with two attached hydrogens (primary N) is 1. The standard InChI is InChI=1S/C14H17ClN4O4/c15-9-2-1-3-11(19(22)23)13(9)14(21)17-7-12(20)18-10(6-16)8-4-5-8/h1-3,8,10H,4-7,16H2,(H,17,21)(H,18,20). The third-order valence-corrected chi connectivity index (χ3v) is 3.93. The highest BCUT2D eigenvalue weighted by Gasteiger charge is 2.31. The van der Waals surface area contributed by atoms with Crippen LogP contribution in [0.5, 0.6) is 0 Å². The summed E-state index contributed by atoms with van der Waals surface area (Å²) >= 11 is 5.86. The van der Waals surface area contributed by atoms with Crippen molar-refractivity contribution in [2.75, 3.05) is 13.1 Å². The maximum absolute atomic E-state index is 12.1. The van der Waals surface area contributed by atoms with Gasteiger partial charge < -0.3 is 16.4 Å². The average molecular weight is 341 g/mol. The number of halogens is 1. The Morgan fingerprint density at radius 2 is 2.13 bits per heavy atom. The molecule has 1 unspecified atom stereocenters. The van der Waals surface area contributed by atoms with Crippen LogP contribution in [0.25, 0.3) is 0 Å². The molecule has 0 radical (unpaired) electrons. The Kier molecular flexibility index (Phi) is 5.51. The first-order chi connectivity index (χ1) is 10.9. The fourth-order valence-electron chi connectivity index (χ4n) is 2.26. The van der Waals surface area contributed by atoms with Crippen LogP contribution >= 0.6 is 11.6 Å². The normalized spacial score (nSPS) is 14.9. The van der Waals surface area contributed by atoms with Crippen molar-refractivity contribution in [1.29, 1.82) is 0 Å². The summed E-state index contributed by atoms with van der Waals surface area (Å²) in [6.07, 6.45) is 2.06. The third kappa shape index (κ3) is 4.40. The van der Waals surface area contributed by atoms with E-state index in [2.05, 4.69) is 10.6 Å². The molecule has 1 aromatic rings. The molecule has 23 heavy (non-hydrogen) atoms. The van der Waals surface area contributed by atoms with Gasteiger partial charge in [0.1, 0.15) is 5.56 Å². The molecule has 1 aliphatic carbocycles. The molecule has 4 N–H and O–H groups in total. The van der Waals surface area contributed by atoms with Crippen LogP contribution in [0.4, 0.5) is 5.69 Å². The van der Waals surface area contributed by atoms with Crippen molar-refractivity contribution in [1.82, 2.24) is 10.6 Å². The molecule has 2 rings (SSSR count). The number of rotatable bonds is 7. The van der Waals surface area contributed by atoms with E-state index in [1.165, 1.54) is 18.2 Å². The van der Waals surface area contributed by atoms with Crippen LogP contribution in [-0.2, 0) is 4.79 Å². The zero-order chi connectivity index (χ0) is 17.0. The number of hydrogen-bond acceptors (Lipinski definition) is 5. The van der Waals surface area contributed by atoms with E-state index in [1.54, 1.807) is 0 Å². The lowest BCUT2D eigenvalue weighted by atomic mass is 10.1. The Bertz CT molecular complexity index is 633. The second kappa shape index (κ2) is 7.38. The summed E-state index contributed by atoms with van der Waals surface area (Å²) in [4.78, 5) is 34.2. The maximum Gasteiger partial charge on any atom is 0.283 e. The summed E-state index contributed by atoms with van der Waals surface area (Å²) in [5.74, 6) is -0.770. The van der Waals surface area contributed by atoms with E-state index in [-0.39, 0.29) is 23.2 Å². The first kappa shape index (κ1) is 17.2. The SMILES string of the molecule is NCC(NC(=O)CNC(=O)c1c(Cl)cccc1[N+](=O)[O-])C1CC1. The van der Waals surface area contributed by atoms with Gasteiger partial charge in [0, 0.05) is 18.7 Å². The van der Waals surface area contributed by atoms with Gasteiger partial charge in [-0.15, -0.1) is 0 Å². The Hall–Kier alpha value is -2.19. The Morgan fingerprint density at radius 1 is 1.43 bits per heavy atom. The molecule has 124 valence electrons. The predicted molar refractivity (Wildman–Crippen MR) is 84.1 cm³/mol. The van der Waals surface area contributed by atoms with E-state index in [0.29, 0.717) is 12.5 Å². The van der Waals surface area contributed by atoms with E-state index in [4.69, 9.17) is 17.3 Å². The molecule has 0 aliphatic heterocycles. The van der Waals surface area contributed by atoms with E-state index >= 15 is 0 Å². The summed E-state index contributed by atoms with van der Waals surface area (Å²) in [6, 6.07) is 3.83. The maximum atomic E-state index is 12.1. The Balaban J connectivity index is 1.97. The number of carbonyl (C=O) groups excluding carboxylic acids is 2. The van der Waals surface area contributed by atoms with Gasteiger partial charge in [-0.25, -0.2) is 0 Å². The number of nitrogens with zero attached hydrogens (tertiary/aromatic N) is 1. The van der Waals surface area contributed by atoms with Gasteiger partial charge in [0.2, 0.25) is 5.91 Å². The first-order valence-corrected chi connectivity index (χ1v) is 7.52. The number of nitro benzene ring substituents is 1. The molecule has 1 saturated carbocycles. The zero-order valence-corrected chi connectivity index (χ0v) is 13.0. The molecule has 0 saturated heterocycles. The van der Waals surface area contributed by atoms with Gasteiger partial charge in [-0.2, -0.15) is 0 Å².